The van der Waals surface area contributed by atoms with Gasteiger partial charge in [-0.25, -0.2) is 14.2 Å². The van der Waals surface area contributed by atoms with Gasteiger partial charge in [-0.15, -0.1) is 0 Å². The summed E-state index contributed by atoms with van der Waals surface area (Å²) in [5.74, 6) is -1.34. The fourth-order valence-electron chi connectivity index (χ4n) is 3.63. The van der Waals surface area contributed by atoms with Crippen LogP contribution in [0.4, 0.5) is 20.6 Å². The zero-order valence-corrected chi connectivity index (χ0v) is 19.1. The summed E-state index contributed by atoms with van der Waals surface area (Å²) in [5.41, 5.74) is 2.28. The molecule has 3 amide bonds. The normalized spacial score (nSPS) is 15.3. The molecule has 1 unspecified atom stereocenters. The van der Waals surface area contributed by atoms with Crippen molar-refractivity contribution < 1.29 is 23.5 Å². The van der Waals surface area contributed by atoms with Gasteiger partial charge < -0.3 is 19.9 Å². The smallest absolute Gasteiger partial charge is 0.414 e. The number of aromatic nitrogens is 4. The summed E-state index contributed by atoms with van der Waals surface area (Å²) in [4.78, 5) is 41.3. The number of carbonyl (C=O) groups excluding carboxylic acids is 3. The lowest BCUT2D eigenvalue weighted by atomic mass is 10.2. The van der Waals surface area contributed by atoms with E-state index in [1.807, 2.05) is 0 Å². The Bertz CT molecular complexity index is 1450. The van der Waals surface area contributed by atoms with Crippen molar-refractivity contribution in [2.75, 3.05) is 23.3 Å². The van der Waals surface area contributed by atoms with E-state index < -0.39 is 23.9 Å². The lowest BCUT2D eigenvalue weighted by Crippen LogP contribution is -2.33. The van der Waals surface area contributed by atoms with Crippen LogP contribution in [0.1, 0.15) is 17.4 Å². The third-order valence-corrected chi connectivity index (χ3v) is 5.87. The number of benzene rings is 2. The molecule has 1 fully saturated rings. The summed E-state index contributed by atoms with van der Waals surface area (Å²) in [6.45, 7) is 1.71. The molecular formula is C22H18FN7O4S. The molecule has 4 aromatic rings. The van der Waals surface area contributed by atoms with Gasteiger partial charge >= 0.3 is 6.09 Å². The largest absolute Gasteiger partial charge is 0.442 e. The highest BCUT2D eigenvalue weighted by Crippen LogP contribution is 2.26. The van der Waals surface area contributed by atoms with E-state index in [1.54, 1.807) is 24.3 Å². The van der Waals surface area contributed by atoms with E-state index in [-0.39, 0.29) is 30.4 Å². The first kappa shape index (κ1) is 22.4. The molecule has 0 radical (unpaired) electrons. The number of anilines is 2. The number of fused-ring (bicyclic) bond motifs is 1. The highest BCUT2D eigenvalue weighted by molar-refractivity contribution is 7.00. The molecule has 35 heavy (non-hydrogen) atoms. The number of rotatable bonds is 6. The number of halogens is 1. The molecular weight excluding hydrogens is 477 g/mol. The van der Waals surface area contributed by atoms with Crippen LogP contribution in [-0.2, 0) is 9.53 Å². The van der Waals surface area contributed by atoms with Crippen LogP contribution in [0, 0.1) is 5.82 Å². The summed E-state index contributed by atoms with van der Waals surface area (Å²) in [6.07, 6.45) is 1.57. The maximum absolute atomic E-state index is 15.0. The Kier molecular flexibility index (Phi) is 5.82. The Labute approximate surface area is 201 Å². The zero-order chi connectivity index (χ0) is 24.5. The van der Waals surface area contributed by atoms with Gasteiger partial charge in [0.15, 0.2) is 0 Å². The Morgan fingerprint density at radius 3 is 2.91 bits per heavy atom. The molecule has 1 aliphatic heterocycles. The van der Waals surface area contributed by atoms with Crippen molar-refractivity contribution in [3.63, 3.8) is 0 Å². The minimum Gasteiger partial charge on any atom is -0.442 e. The second-order valence-electron chi connectivity index (χ2n) is 7.75. The van der Waals surface area contributed by atoms with E-state index in [1.165, 1.54) is 41.0 Å². The fraction of sp³-hybridized carbons (Fsp3) is 0.182. The Morgan fingerprint density at radius 2 is 2.11 bits per heavy atom. The molecule has 11 nitrogen and oxygen atoms in total. The van der Waals surface area contributed by atoms with E-state index in [4.69, 9.17) is 4.74 Å². The third-order valence-electron chi connectivity index (χ3n) is 5.32. The van der Waals surface area contributed by atoms with Crippen molar-refractivity contribution in [3.05, 3.63) is 60.4 Å². The lowest BCUT2D eigenvalue weighted by molar-refractivity contribution is -0.119. The number of hydrogen-bond donors (Lipinski definition) is 2. The Hall–Kier alpha value is -4.39. The molecule has 0 saturated carbocycles. The van der Waals surface area contributed by atoms with Gasteiger partial charge in [0.25, 0.3) is 5.91 Å². The molecule has 1 saturated heterocycles. The van der Waals surface area contributed by atoms with E-state index >= 15 is 0 Å². The maximum Gasteiger partial charge on any atom is 0.414 e. The number of ether oxygens (including phenoxy) is 1. The first-order chi connectivity index (χ1) is 16.9. The van der Waals surface area contributed by atoms with Crippen molar-refractivity contribution in [2.24, 2.45) is 0 Å². The monoisotopic (exact) mass is 495 g/mol. The predicted molar refractivity (Wildman–Crippen MR) is 125 cm³/mol. The van der Waals surface area contributed by atoms with Crippen molar-refractivity contribution in [1.82, 2.24) is 23.6 Å². The van der Waals surface area contributed by atoms with E-state index in [0.717, 1.165) is 11.7 Å². The molecule has 13 heteroatoms. The second kappa shape index (κ2) is 9.10. The third kappa shape index (κ3) is 4.53. The maximum atomic E-state index is 15.0. The second-order valence-corrected chi connectivity index (χ2v) is 8.28. The summed E-state index contributed by atoms with van der Waals surface area (Å²) in [5, 5.41) is 5.34. The lowest BCUT2D eigenvalue weighted by Gasteiger charge is -2.14. The van der Waals surface area contributed by atoms with Gasteiger partial charge in [0.1, 0.15) is 35.0 Å². The molecule has 0 bridgehead atoms. The highest BCUT2D eigenvalue weighted by Gasteiger charge is 2.32. The van der Waals surface area contributed by atoms with Crippen LogP contribution in [-0.4, -0.2) is 55.4 Å². The predicted octanol–water partition coefficient (Wildman–Crippen LogP) is 2.73. The summed E-state index contributed by atoms with van der Waals surface area (Å²) in [6, 6.07) is 9.50. The van der Waals surface area contributed by atoms with Crippen LogP contribution in [0.2, 0.25) is 0 Å². The minimum absolute atomic E-state index is 0.0811. The minimum atomic E-state index is -0.626. The average Bonchev–Trinajstić information content (AvgIpc) is 3.57. The number of amides is 3. The fourth-order valence-corrected chi connectivity index (χ4v) is 4.18. The number of nitrogens with one attached hydrogen (secondary N) is 2. The van der Waals surface area contributed by atoms with Crippen molar-refractivity contribution >= 4 is 52.0 Å². The van der Waals surface area contributed by atoms with Gasteiger partial charge in [-0.3, -0.25) is 14.5 Å². The van der Waals surface area contributed by atoms with Gasteiger partial charge in [0.05, 0.1) is 41.9 Å². The summed E-state index contributed by atoms with van der Waals surface area (Å²) in [7, 11) is 0. The van der Waals surface area contributed by atoms with Crippen molar-refractivity contribution in [3.8, 4) is 5.69 Å². The van der Waals surface area contributed by atoms with Crippen LogP contribution in [0.3, 0.4) is 0 Å². The van der Waals surface area contributed by atoms with Gasteiger partial charge in [-0.1, -0.05) is 6.07 Å². The molecule has 2 aromatic heterocycles. The molecule has 1 aliphatic rings. The van der Waals surface area contributed by atoms with Gasteiger partial charge in [-0.05, 0) is 30.3 Å². The Morgan fingerprint density at radius 1 is 1.26 bits per heavy atom. The number of imidazole rings is 1. The Balaban J connectivity index is 1.30. The molecule has 0 spiro atoms. The van der Waals surface area contributed by atoms with Crippen molar-refractivity contribution in [1.29, 1.82) is 0 Å². The van der Waals surface area contributed by atoms with Gasteiger partial charge in [0.2, 0.25) is 5.91 Å². The standard InChI is InChI=1S/C22H18FN7O4S/c1-12(31)24-8-14-9-30(22(33)34-14)13-5-6-19(15(23)7-13)29-10-18(25-11-29)21(32)26-16-3-2-4-17-20(16)28-35-27-17/h2-7,10-11,14H,8-9H2,1H3,(H,24,31)(H,26,32). The summed E-state index contributed by atoms with van der Waals surface area (Å²) >= 11 is 1.05. The topological polar surface area (TPSA) is 131 Å². The molecule has 5 rings (SSSR count). The first-order valence-electron chi connectivity index (χ1n) is 10.5. The quantitative estimate of drug-likeness (QED) is 0.420. The van der Waals surface area contributed by atoms with Gasteiger partial charge in [-0.2, -0.15) is 8.75 Å². The van der Waals surface area contributed by atoms with E-state index in [2.05, 4.69) is 24.4 Å². The first-order valence-corrected chi connectivity index (χ1v) is 11.2. The van der Waals surface area contributed by atoms with Crippen LogP contribution in [0.5, 0.6) is 0 Å². The molecule has 0 aliphatic carbocycles. The zero-order valence-electron chi connectivity index (χ0n) is 18.3. The van der Waals surface area contributed by atoms with Crippen molar-refractivity contribution in [2.45, 2.75) is 13.0 Å². The molecule has 1 atom stereocenters. The summed E-state index contributed by atoms with van der Waals surface area (Å²) < 4.78 is 29.9. The van der Waals surface area contributed by atoms with E-state index in [9.17, 15) is 18.8 Å². The molecule has 3 heterocycles. The van der Waals surface area contributed by atoms with Crippen LogP contribution < -0.4 is 15.5 Å². The SMILES string of the molecule is CC(=O)NCC1CN(c2ccc(-n3cnc(C(=O)Nc4cccc5nsnc45)c3)c(F)c2)C(=O)O1. The van der Waals surface area contributed by atoms with Crippen LogP contribution in [0.25, 0.3) is 16.7 Å². The van der Waals surface area contributed by atoms with Crippen LogP contribution >= 0.6 is 11.7 Å². The molecule has 178 valence electrons. The number of hydrogen-bond acceptors (Lipinski definition) is 8. The van der Waals surface area contributed by atoms with Gasteiger partial charge in [0, 0.05) is 13.1 Å². The average molecular weight is 495 g/mol. The molecule has 2 N–H and O–H groups in total. The number of nitrogens with zero attached hydrogens (tertiary/aromatic N) is 5. The number of cyclic esters (lactones) is 1. The molecule has 2 aromatic carbocycles. The van der Waals surface area contributed by atoms with E-state index in [0.29, 0.717) is 22.4 Å². The highest BCUT2D eigenvalue weighted by atomic mass is 32.1. The number of carbonyl (C=O) groups is 3. The van der Waals surface area contributed by atoms with Crippen LogP contribution in [0.15, 0.2) is 48.9 Å².